The van der Waals surface area contributed by atoms with Crippen molar-refractivity contribution in [3.05, 3.63) is 32.1 Å². The maximum Gasteiger partial charge on any atom is 0.328 e. The SMILES string of the molecule is CCc1[nH]c(=O)n(CC)c(=O)c1C. The Hall–Kier alpha value is -1.32. The molecule has 1 rings (SSSR count). The molecule has 0 bridgehead atoms. The van der Waals surface area contributed by atoms with Crippen LogP contribution in [0.2, 0.25) is 0 Å². The lowest BCUT2D eigenvalue weighted by Gasteiger charge is -2.05. The minimum absolute atomic E-state index is 0.178. The number of nitrogens with one attached hydrogen (secondary N) is 1. The third-order valence-corrected chi connectivity index (χ3v) is 2.19. The summed E-state index contributed by atoms with van der Waals surface area (Å²) in [5.74, 6) is 0. The zero-order valence-corrected chi connectivity index (χ0v) is 8.18. The molecule has 4 nitrogen and oxygen atoms in total. The van der Waals surface area contributed by atoms with Crippen molar-refractivity contribution in [3.8, 4) is 0 Å². The quantitative estimate of drug-likeness (QED) is 0.721. The standard InChI is InChI=1S/C9H14N2O2/c1-4-7-6(3)8(12)11(5-2)9(13)10-7/h4-5H2,1-3H3,(H,10,13). The van der Waals surface area contributed by atoms with E-state index >= 15 is 0 Å². The Morgan fingerprint density at radius 3 is 2.38 bits per heavy atom. The van der Waals surface area contributed by atoms with E-state index in [9.17, 15) is 9.59 Å². The van der Waals surface area contributed by atoms with Gasteiger partial charge in [-0.2, -0.15) is 0 Å². The molecule has 0 saturated heterocycles. The second-order valence-electron chi connectivity index (χ2n) is 2.94. The lowest BCUT2D eigenvalue weighted by atomic mass is 10.2. The van der Waals surface area contributed by atoms with Gasteiger partial charge in [-0.3, -0.25) is 9.36 Å². The molecule has 0 aliphatic heterocycles. The minimum Gasteiger partial charge on any atom is -0.311 e. The summed E-state index contributed by atoms with van der Waals surface area (Å²) in [6, 6.07) is 0. The minimum atomic E-state index is -0.310. The number of hydrogen-bond donors (Lipinski definition) is 1. The molecule has 1 aromatic heterocycles. The summed E-state index contributed by atoms with van der Waals surface area (Å²) in [6.45, 7) is 5.85. The fourth-order valence-electron chi connectivity index (χ4n) is 1.35. The average Bonchev–Trinajstić information content (AvgIpc) is 2.12. The lowest BCUT2D eigenvalue weighted by Crippen LogP contribution is -2.37. The zero-order chi connectivity index (χ0) is 10.0. The largest absolute Gasteiger partial charge is 0.328 e. The summed E-state index contributed by atoms with van der Waals surface area (Å²) in [4.78, 5) is 25.5. The number of nitrogens with zero attached hydrogens (tertiary/aromatic N) is 1. The maximum absolute atomic E-state index is 11.5. The summed E-state index contributed by atoms with van der Waals surface area (Å²) in [5, 5.41) is 0. The molecule has 0 aromatic carbocycles. The fraction of sp³-hybridized carbons (Fsp3) is 0.556. The number of aryl methyl sites for hydroxylation is 1. The molecule has 0 atom stereocenters. The third kappa shape index (κ3) is 1.56. The van der Waals surface area contributed by atoms with Crippen molar-refractivity contribution in [2.24, 2.45) is 0 Å². The van der Waals surface area contributed by atoms with Crippen LogP contribution in [0, 0.1) is 6.92 Å². The molecule has 0 fully saturated rings. The van der Waals surface area contributed by atoms with Gasteiger partial charge in [0.15, 0.2) is 0 Å². The van der Waals surface area contributed by atoms with Gasteiger partial charge >= 0.3 is 5.69 Å². The number of aromatic amines is 1. The van der Waals surface area contributed by atoms with Crippen molar-refractivity contribution in [1.29, 1.82) is 0 Å². The normalized spacial score (nSPS) is 10.4. The molecule has 0 aliphatic rings. The second-order valence-corrected chi connectivity index (χ2v) is 2.94. The molecule has 1 heterocycles. The van der Waals surface area contributed by atoms with Crippen LogP contribution >= 0.6 is 0 Å². The van der Waals surface area contributed by atoms with E-state index in [2.05, 4.69) is 4.98 Å². The molecule has 0 amide bonds. The van der Waals surface area contributed by atoms with Crippen molar-refractivity contribution in [2.45, 2.75) is 33.7 Å². The van der Waals surface area contributed by atoms with E-state index in [1.807, 2.05) is 6.92 Å². The molecule has 4 heteroatoms. The summed E-state index contributed by atoms with van der Waals surface area (Å²) < 4.78 is 1.20. The monoisotopic (exact) mass is 182 g/mol. The molecule has 0 radical (unpaired) electrons. The second kappa shape index (κ2) is 3.60. The number of aromatic nitrogens is 2. The van der Waals surface area contributed by atoms with Crippen LogP contribution in [-0.2, 0) is 13.0 Å². The van der Waals surface area contributed by atoms with Gasteiger partial charge in [0.2, 0.25) is 0 Å². The Kier molecular flexibility index (Phi) is 2.70. The maximum atomic E-state index is 11.5. The highest BCUT2D eigenvalue weighted by Gasteiger charge is 2.06. The molecule has 0 saturated carbocycles. The van der Waals surface area contributed by atoms with Crippen LogP contribution in [0.3, 0.4) is 0 Å². The van der Waals surface area contributed by atoms with Crippen LogP contribution in [-0.4, -0.2) is 9.55 Å². The Balaban J connectivity index is 3.56. The molecular weight excluding hydrogens is 168 g/mol. The Bertz CT molecular complexity index is 415. The molecule has 72 valence electrons. The average molecular weight is 182 g/mol. The highest BCUT2D eigenvalue weighted by molar-refractivity contribution is 5.14. The highest BCUT2D eigenvalue weighted by atomic mass is 16.2. The van der Waals surface area contributed by atoms with Gasteiger partial charge < -0.3 is 4.98 Å². The first-order chi connectivity index (χ1) is 6.11. The lowest BCUT2D eigenvalue weighted by molar-refractivity contribution is 0.655. The van der Waals surface area contributed by atoms with E-state index in [0.717, 1.165) is 5.69 Å². The first-order valence-electron chi connectivity index (χ1n) is 4.44. The first kappa shape index (κ1) is 9.77. The van der Waals surface area contributed by atoms with Gasteiger partial charge in [-0.1, -0.05) is 6.92 Å². The molecule has 0 spiro atoms. The van der Waals surface area contributed by atoms with Crippen LogP contribution in [0.5, 0.6) is 0 Å². The van der Waals surface area contributed by atoms with Gasteiger partial charge in [-0.05, 0) is 20.3 Å². The fourth-order valence-corrected chi connectivity index (χ4v) is 1.35. The zero-order valence-electron chi connectivity index (χ0n) is 8.18. The van der Waals surface area contributed by atoms with Crippen LogP contribution in [0.4, 0.5) is 0 Å². The predicted octanol–water partition coefficient (Wildman–Crippen LogP) is 0.427. The van der Waals surface area contributed by atoms with E-state index in [4.69, 9.17) is 0 Å². The van der Waals surface area contributed by atoms with Crippen LogP contribution in [0.25, 0.3) is 0 Å². The summed E-state index contributed by atoms with van der Waals surface area (Å²) in [7, 11) is 0. The summed E-state index contributed by atoms with van der Waals surface area (Å²) in [6.07, 6.45) is 0.681. The Labute approximate surface area is 76.2 Å². The van der Waals surface area contributed by atoms with Crippen LogP contribution < -0.4 is 11.2 Å². The Morgan fingerprint density at radius 2 is 1.92 bits per heavy atom. The molecular formula is C9H14N2O2. The molecule has 0 aliphatic carbocycles. The van der Waals surface area contributed by atoms with Crippen molar-refractivity contribution < 1.29 is 0 Å². The van der Waals surface area contributed by atoms with Gasteiger partial charge in [0.1, 0.15) is 0 Å². The van der Waals surface area contributed by atoms with Gasteiger partial charge in [0, 0.05) is 17.8 Å². The molecule has 0 unspecified atom stereocenters. The van der Waals surface area contributed by atoms with Crippen LogP contribution in [0.1, 0.15) is 25.1 Å². The van der Waals surface area contributed by atoms with Crippen molar-refractivity contribution >= 4 is 0 Å². The van der Waals surface area contributed by atoms with Gasteiger partial charge in [0.25, 0.3) is 5.56 Å². The van der Waals surface area contributed by atoms with E-state index in [-0.39, 0.29) is 11.2 Å². The van der Waals surface area contributed by atoms with Crippen LogP contribution in [0.15, 0.2) is 9.59 Å². The van der Waals surface area contributed by atoms with Gasteiger partial charge in [-0.15, -0.1) is 0 Å². The van der Waals surface area contributed by atoms with E-state index < -0.39 is 0 Å². The first-order valence-corrected chi connectivity index (χ1v) is 4.44. The summed E-state index contributed by atoms with van der Waals surface area (Å²) in [5.41, 5.74) is 0.890. The van der Waals surface area contributed by atoms with Crippen molar-refractivity contribution in [1.82, 2.24) is 9.55 Å². The number of H-pyrrole nitrogens is 1. The highest BCUT2D eigenvalue weighted by Crippen LogP contribution is 1.95. The predicted molar refractivity (Wildman–Crippen MR) is 51.1 cm³/mol. The summed E-state index contributed by atoms with van der Waals surface area (Å²) >= 11 is 0. The van der Waals surface area contributed by atoms with Crippen molar-refractivity contribution in [2.75, 3.05) is 0 Å². The Morgan fingerprint density at radius 1 is 1.31 bits per heavy atom. The molecule has 13 heavy (non-hydrogen) atoms. The van der Waals surface area contributed by atoms with E-state index in [0.29, 0.717) is 18.5 Å². The smallest absolute Gasteiger partial charge is 0.311 e. The number of rotatable bonds is 2. The number of hydrogen-bond acceptors (Lipinski definition) is 2. The molecule has 1 N–H and O–H groups in total. The van der Waals surface area contributed by atoms with Gasteiger partial charge in [0.05, 0.1) is 0 Å². The van der Waals surface area contributed by atoms with Crippen molar-refractivity contribution in [3.63, 3.8) is 0 Å². The topological polar surface area (TPSA) is 54.9 Å². The van der Waals surface area contributed by atoms with E-state index in [1.54, 1.807) is 13.8 Å². The van der Waals surface area contributed by atoms with Gasteiger partial charge in [-0.25, -0.2) is 4.79 Å². The van der Waals surface area contributed by atoms with E-state index in [1.165, 1.54) is 4.57 Å². The molecule has 1 aromatic rings. The third-order valence-electron chi connectivity index (χ3n) is 2.19.